The third-order valence-corrected chi connectivity index (χ3v) is 2.70. The third-order valence-electron chi connectivity index (χ3n) is 2.70. The molecule has 0 N–H and O–H groups in total. The molecule has 0 saturated carbocycles. The Morgan fingerprint density at radius 1 is 1.42 bits per heavy atom. The van der Waals surface area contributed by atoms with Crippen LogP contribution in [-0.4, -0.2) is 37.4 Å². The van der Waals surface area contributed by atoms with Gasteiger partial charge in [-0.05, 0) is 12.1 Å². The Morgan fingerprint density at radius 2 is 2.21 bits per heavy atom. The lowest BCUT2D eigenvalue weighted by atomic mass is 10.1. The van der Waals surface area contributed by atoms with E-state index in [4.69, 9.17) is 4.74 Å². The molecule has 0 aliphatic carbocycles. The molecular formula is C14H16N2O3. The first kappa shape index (κ1) is 13.1. The van der Waals surface area contributed by atoms with Gasteiger partial charge in [-0.2, -0.15) is 0 Å². The van der Waals surface area contributed by atoms with Crippen LogP contribution in [0.4, 0.5) is 4.79 Å². The lowest BCUT2D eigenvalue weighted by Gasteiger charge is -2.26. The first-order valence-electron chi connectivity index (χ1n) is 6.04. The molecule has 19 heavy (non-hydrogen) atoms. The Bertz CT molecular complexity index is 471. The zero-order chi connectivity index (χ0) is 13.5. The van der Waals surface area contributed by atoms with Crippen molar-refractivity contribution in [1.82, 2.24) is 4.90 Å². The molecule has 1 aromatic carbocycles. The van der Waals surface area contributed by atoms with Crippen molar-refractivity contribution in [2.45, 2.75) is 0 Å². The van der Waals surface area contributed by atoms with Crippen LogP contribution in [0.15, 0.2) is 47.6 Å². The molecule has 0 saturated heterocycles. The third kappa shape index (κ3) is 3.84. The molecule has 1 aliphatic rings. The predicted octanol–water partition coefficient (Wildman–Crippen LogP) is 2.31. The van der Waals surface area contributed by atoms with Gasteiger partial charge in [-0.25, -0.2) is 4.79 Å². The Morgan fingerprint density at radius 3 is 2.95 bits per heavy atom. The zero-order valence-corrected chi connectivity index (χ0v) is 10.7. The van der Waals surface area contributed by atoms with Gasteiger partial charge in [0.2, 0.25) is 0 Å². The normalized spacial score (nSPS) is 18.6. The fraction of sp³-hybridized carbons (Fsp3) is 0.286. The van der Waals surface area contributed by atoms with Crippen LogP contribution in [0.1, 0.15) is 0 Å². The van der Waals surface area contributed by atoms with Crippen LogP contribution in [0.5, 0.6) is 5.75 Å². The van der Waals surface area contributed by atoms with Gasteiger partial charge in [-0.1, -0.05) is 35.5 Å². The van der Waals surface area contributed by atoms with E-state index in [0.29, 0.717) is 18.8 Å². The highest BCUT2D eigenvalue weighted by atomic mass is 16.6. The summed E-state index contributed by atoms with van der Waals surface area (Å²) in [7, 11) is 1.49. The number of benzene rings is 1. The fourth-order valence-electron chi connectivity index (χ4n) is 1.79. The van der Waals surface area contributed by atoms with Crippen molar-refractivity contribution in [2.24, 2.45) is 11.1 Å². The average molecular weight is 260 g/mol. The molecule has 0 bridgehead atoms. The Balaban J connectivity index is 1.93. The second kappa shape index (κ2) is 6.58. The molecule has 1 aliphatic heterocycles. The first-order chi connectivity index (χ1) is 9.29. The van der Waals surface area contributed by atoms with Crippen molar-refractivity contribution < 1.29 is 14.4 Å². The number of hydrogen-bond acceptors (Lipinski definition) is 4. The van der Waals surface area contributed by atoms with Crippen molar-refractivity contribution in [3.8, 4) is 5.75 Å². The Kier molecular flexibility index (Phi) is 4.55. The molecule has 100 valence electrons. The molecule has 0 fully saturated rings. The van der Waals surface area contributed by atoms with E-state index in [0.717, 1.165) is 0 Å². The van der Waals surface area contributed by atoms with Gasteiger partial charge in [0.25, 0.3) is 0 Å². The van der Waals surface area contributed by atoms with Crippen LogP contribution in [0.25, 0.3) is 0 Å². The molecule has 5 heteroatoms. The summed E-state index contributed by atoms with van der Waals surface area (Å²) in [5.41, 5.74) is 0. The van der Waals surface area contributed by atoms with Gasteiger partial charge < -0.3 is 14.5 Å². The average Bonchev–Trinajstić information content (AvgIpc) is 2.46. The van der Waals surface area contributed by atoms with E-state index in [-0.39, 0.29) is 12.0 Å². The van der Waals surface area contributed by atoms with E-state index in [1.165, 1.54) is 7.11 Å². The highest BCUT2D eigenvalue weighted by molar-refractivity contribution is 5.73. The Hall–Kier alpha value is -2.30. The fourth-order valence-corrected chi connectivity index (χ4v) is 1.79. The van der Waals surface area contributed by atoms with E-state index >= 15 is 0 Å². The molecule has 0 radical (unpaired) electrons. The number of amides is 1. The number of hydrogen-bond donors (Lipinski definition) is 0. The van der Waals surface area contributed by atoms with E-state index < -0.39 is 0 Å². The summed E-state index contributed by atoms with van der Waals surface area (Å²) < 4.78 is 5.28. The molecule has 1 amide bonds. The first-order valence-corrected chi connectivity index (χ1v) is 6.04. The summed E-state index contributed by atoms with van der Waals surface area (Å²) in [4.78, 5) is 18.2. The van der Waals surface area contributed by atoms with Crippen molar-refractivity contribution in [3.63, 3.8) is 0 Å². The largest absolute Gasteiger partial charge is 0.415 e. The van der Waals surface area contributed by atoms with Gasteiger partial charge in [0.15, 0.2) is 0 Å². The van der Waals surface area contributed by atoms with Crippen molar-refractivity contribution in [2.75, 3.05) is 20.2 Å². The van der Waals surface area contributed by atoms with E-state index in [9.17, 15) is 4.79 Å². The van der Waals surface area contributed by atoms with Crippen LogP contribution in [0.3, 0.4) is 0 Å². The maximum atomic E-state index is 12.0. The predicted molar refractivity (Wildman–Crippen MR) is 72.2 cm³/mol. The summed E-state index contributed by atoms with van der Waals surface area (Å²) in [6.45, 7) is 1.08. The van der Waals surface area contributed by atoms with Crippen molar-refractivity contribution >= 4 is 12.3 Å². The number of para-hydroxylation sites is 1. The van der Waals surface area contributed by atoms with Crippen molar-refractivity contribution in [1.29, 1.82) is 0 Å². The van der Waals surface area contributed by atoms with Crippen LogP contribution in [0, 0.1) is 5.92 Å². The van der Waals surface area contributed by atoms with Gasteiger partial charge in [-0.15, -0.1) is 0 Å². The monoisotopic (exact) mass is 260 g/mol. The molecule has 2 rings (SSSR count). The maximum Gasteiger partial charge on any atom is 0.415 e. The standard InChI is InChI=1S/C14H16N2O3/c1-18-15-10-12-6-5-9-16(11-12)14(17)19-13-7-3-2-4-8-13/h2-8,10,12H,9,11H2,1H3/b15-10+. The number of oxime groups is 1. The molecular weight excluding hydrogens is 244 g/mol. The maximum absolute atomic E-state index is 12.0. The Labute approximate surface area is 112 Å². The minimum absolute atomic E-state index is 0.0528. The number of carbonyl (C=O) groups is 1. The van der Waals surface area contributed by atoms with Crippen LogP contribution < -0.4 is 4.74 Å². The second-order valence-corrected chi connectivity index (χ2v) is 4.12. The summed E-state index contributed by atoms with van der Waals surface area (Å²) >= 11 is 0. The van der Waals surface area contributed by atoms with Gasteiger partial charge in [0.1, 0.15) is 12.9 Å². The van der Waals surface area contributed by atoms with Crippen LogP contribution >= 0.6 is 0 Å². The molecule has 5 nitrogen and oxygen atoms in total. The summed E-state index contributed by atoms with van der Waals surface area (Å²) in [5, 5.41) is 3.72. The van der Waals surface area contributed by atoms with Crippen LogP contribution in [-0.2, 0) is 4.84 Å². The zero-order valence-electron chi connectivity index (χ0n) is 10.7. The van der Waals surface area contributed by atoms with Gasteiger partial charge in [0.05, 0.1) is 6.21 Å². The molecule has 1 atom stereocenters. The highest BCUT2D eigenvalue weighted by Gasteiger charge is 2.20. The second-order valence-electron chi connectivity index (χ2n) is 4.12. The molecule has 1 heterocycles. The number of carbonyl (C=O) groups excluding carboxylic acids is 1. The molecule has 0 spiro atoms. The topological polar surface area (TPSA) is 51.1 Å². The van der Waals surface area contributed by atoms with Crippen molar-refractivity contribution in [3.05, 3.63) is 42.5 Å². The van der Waals surface area contributed by atoms with Crippen LogP contribution in [0.2, 0.25) is 0 Å². The summed E-state index contributed by atoms with van der Waals surface area (Å²) in [6, 6.07) is 9.03. The summed E-state index contributed by atoms with van der Waals surface area (Å²) in [5.74, 6) is 0.598. The minimum atomic E-state index is -0.355. The van der Waals surface area contributed by atoms with E-state index in [1.807, 2.05) is 30.4 Å². The lowest BCUT2D eigenvalue weighted by molar-refractivity contribution is 0.153. The number of rotatable bonds is 3. The number of nitrogens with zero attached hydrogens (tertiary/aromatic N) is 2. The SMILES string of the molecule is CO/N=C/C1C=CCN(C(=O)Oc2ccccc2)C1. The number of ether oxygens (including phenoxy) is 1. The molecule has 0 aromatic heterocycles. The van der Waals surface area contributed by atoms with E-state index in [1.54, 1.807) is 23.2 Å². The van der Waals surface area contributed by atoms with E-state index in [2.05, 4.69) is 9.99 Å². The highest BCUT2D eigenvalue weighted by Crippen LogP contribution is 2.13. The summed E-state index contributed by atoms with van der Waals surface area (Å²) in [6.07, 6.45) is 5.22. The van der Waals surface area contributed by atoms with Gasteiger partial charge in [-0.3, -0.25) is 0 Å². The van der Waals surface area contributed by atoms with Gasteiger partial charge >= 0.3 is 6.09 Å². The molecule has 1 aromatic rings. The smallest absolute Gasteiger partial charge is 0.410 e. The quantitative estimate of drug-likeness (QED) is 0.476. The lowest BCUT2D eigenvalue weighted by Crippen LogP contribution is -2.39. The minimum Gasteiger partial charge on any atom is -0.410 e. The molecule has 1 unspecified atom stereocenters. The van der Waals surface area contributed by atoms with Gasteiger partial charge in [0, 0.05) is 19.0 Å².